The fourth-order valence-corrected chi connectivity index (χ4v) is 2.20. The average Bonchev–Trinajstić information content (AvgIpc) is 3.03. The van der Waals surface area contributed by atoms with Crippen LogP contribution in [0.15, 0.2) is 42.9 Å². The molecule has 0 saturated heterocycles. The zero-order chi connectivity index (χ0) is 15.5. The van der Waals surface area contributed by atoms with Gasteiger partial charge >= 0.3 is 0 Å². The van der Waals surface area contributed by atoms with Crippen LogP contribution < -0.4 is 14.8 Å². The molecule has 3 aromatic rings. The summed E-state index contributed by atoms with van der Waals surface area (Å²) in [6.07, 6.45) is 3.37. The highest BCUT2D eigenvalue weighted by Gasteiger charge is 2.17. The van der Waals surface area contributed by atoms with Crippen molar-refractivity contribution >= 4 is 17.2 Å². The Balaban J connectivity index is 1.97. The normalized spacial score (nSPS) is 10.5. The van der Waals surface area contributed by atoms with E-state index in [1.165, 1.54) is 14.2 Å². The summed E-state index contributed by atoms with van der Waals surface area (Å²) in [5.74, 6) is 0.568. The number of amides is 1. The summed E-state index contributed by atoms with van der Waals surface area (Å²) in [5, 5.41) is 10.6. The molecular weight excluding hydrogens is 284 g/mol. The highest BCUT2D eigenvalue weighted by molar-refractivity contribution is 6.08. The molecule has 1 aromatic carbocycles. The van der Waals surface area contributed by atoms with Crippen molar-refractivity contribution in [3.05, 3.63) is 48.4 Å². The maximum absolute atomic E-state index is 12.5. The molecule has 0 atom stereocenters. The lowest BCUT2D eigenvalue weighted by Gasteiger charge is -2.12. The van der Waals surface area contributed by atoms with Crippen molar-refractivity contribution in [2.24, 2.45) is 0 Å². The number of pyridine rings is 1. The van der Waals surface area contributed by atoms with Crippen LogP contribution in [0.4, 0.5) is 5.69 Å². The molecule has 0 aliphatic rings. The largest absolute Gasteiger partial charge is 0.493 e. The van der Waals surface area contributed by atoms with E-state index in [9.17, 15) is 4.79 Å². The van der Waals surface area contributed by atoms with Crippen molar-refractivity contribution in [3.8, 4) is 11.5 Å². The van der Waals surface area contributed by atoms with Gasteiger partial charge < -0.3 is 14.8 Å². The minimum absolute atomic E-state index is 0.313. The molecule has 0 saturated carbocycles. The summed E-state index contributed by atoms with van der Waals surface area (Å²) in [4.78, 5) is 12.5. The molecule has 0 unspecified atom stereocenters. The third kappa shape index (κ3) is 2.32. The van der Waals surface area contributed by atoms with Crippen LogP contribution in [0.5, 0.6) is 11.5 Å². The molecule has 1 amide bonds. The molecule has 0 aliphatic heterocycles. The summed E-state index contributed by atoms with van der Waals surface area (Å²) in [7, 11) is 3.02. The third-order valence-electron chi connectivity index (χ3n) is 3.22. The minimum atomic E-state index is -0.313. The highest BCUT2D eigenvalue weighted by Crippen LogP contribution is 2.31. The van der Waals surface area contributed by atoms with Crippen molar-refractivity contribution in [3.63, 3.8) is 0 Å². The SMILES string of the molecule is COc1cccc(C(=O)Nc2cccn3cnnc23)c1OC. The van der Waals surface area contributed by atoms with E-state index < -0.39 is 0 Å². The number of carbonyl (C=O) groups excluding carboxylic acids is 1. The van der Waals surface area contributed by atoms with Gasteiger partial charge in [0.2, 0.25) is 0 Å². The maximum atomic E-state index is 12.5. The van der Waals surface area contributed by atoms with Gasteiger partial charge in [0.25, 0.3) is 5.91 Å². The number of methoxy groups -OCH3 is 2. The molecule has 2 heterocycles. The summed E-state index contributed by atoms with van der Waals surface area (Å²) >= 11 is 0. The second-order valence-corrected chi connectivity index (χ2v) is 4.48. The number of benzene rings is 1. The molecule has 0 fully saturated rings. The van der Waals surface area contributed by atoms with Crippen LogP contribution in [0, 0.1) is 0 Å². The Labute approximate surface area is 126 Å². The predicted molar refractivity (Wildman–Crippen MR) is 80.5 cm³/mol. The van der Waals surface area contributed by atoms with E-state index in [1.54, 1.807) is 47.3 Å². The van der Waals surface area contributed by atoms with Crippen molar-refractivity contribution in [2.75, 3.05) is 19.5 Å². The van der Waals surface area contributed by atoms with E-state index in [-0.39, 0.29) is 5.91 Å². The summed E-state index contributed by atoms with van der Waals surface area (Å²) in [5.41, 5.74) is 1.51. The maximum Gasteiger partial charge on any atom is 0.259 e. The van der Waals surface area contributed by atoms with E-state index in [0.717, 1.165) is 0 Å². The molecule has 0 spiro atoms. The Morgan fingerprint density at radius 1 is 1.18 bits per heavy atom. The number of nitrogens with zero attached hydrogens (tertiary/aromatic N) is 3. The van der Waals surface area contributed by atoms with Gasteiger partial charge in [-0.25, -0.2) is 0 Å². The Morgan fingerprint density at radius 3 is 2.82 bits per heavy atom. The van der Waals surface area contributed by atoms with Gasteiger partial charge in [0.05, 0.1) is 25.5 Å². The van der Waals surface area contributed by atoms with Crippen LogP contribution in [0.3, 0.4) is 0 Å². The molecule has 0 radical (unpaired) electrons. The summed E-state index contributed by atoms with van der Waals surface area (Å²) < 4.78 is 12.2. The van der Waals surface area contributed by atoms with Crippen LogP contribution in [0.25, 0.3) is 5.65 Å². The van der Waals surface area contributed by atoms with Crippen molar-refractivity contribution in [1.29, 1.82) is 0 Å². The quantitative estimate of drug-likeness (QED) is 0.797. The first kappa shape index (κ1) is 13.9. The van der Waals surface area contributed by atoms with Gasteiger partial charge in [-0.1, -0.05) is 6.07 Å². The van der Waals surface area contributed by atoms with E-state index in [0.29, 0.717) is 28.4 Å². The van der Waals surface area contributed by atoms with Gasteiger partial charge in [-0.3, -0.25) is 9.20 Å². The highest BCUT2D eigenvalue weighted by atomic mass is 16.5. The summed E-state index contributed by atoms with van der Waals surface area (Å²) in [6.45, 7) is 0. The predicted octanol–water partition coefficient (Wildman–Crippen LogP) is 2.00. The van der Waals surface area contributed by atoms with Crippen molar-refractivity contribution < 1.29 is 14.3 Å². The van der Waals surface area contributed by atoms with E-state index >= 15 is 0 Å². The number of para-hydroxylation sites is 1. The molecule has 22 heavy (non-hydrogen) atoms. The number of anilines is 1. The molecule has 3 rings (SSSR count). The second kappa shape index (κ2) is 5.72. The first-order chi connectivity index (χ1) is 10.7. The van der Waals surface area contributed by atoms with Crippen LogP contribution in [0.1, 0.15) is 10.4 Å². The van der Waals surface area contributed by atoms with Crippen molar-refractivity contribution in [1.82, 2.24) is 14.6 Å². The fourth-order valence-electron chi connectivity index (χ4n) is 2.20. The van der Waals surface area contributed by atoms with Crippen LogP contribution >= 0.6 is 0 Å². The number of fused-ring (bicyclic) bond motifs is 1. The lowest BCUT2D eigenvalue weighted by Crippen LogP contribution is -2.14. The lowest BCUT2D eigenvalue weighted by atomic mass is 10.1. The second-order valence-electron chi connectivity index (χ2n) is 4.48. The van der Waals surface area contributed by atoms with Crippen LogP contribution in [0.2, 0.25) is 0 Å². The number of ether oxygens (including phenoxy) is 2. The monoisotopic (exact) mass is 298 g/mol. The minimum Gasteiger partial charge on any atom is -0.493 e. The lowest BCUT2D eigenvalue weighted by molar-refractivity contribution is 0.102. The van der Waals surface area contributed by atoms with Gasteiger partial charge in [0, 0.05) is 6.20 Å². The molecular formula is C15H14N4O3. The first-order valence-corrected chi connectivity index (χ1v) is 6.55. The summed E-state index contributed by atoms with van der Waals surface area (Å²) in [6, 6.07) is 8.69. The Kier molecular flexibility index (Phi) is 3.61. The Hall–Kier alpha value is -3.09. The Morgan fingerprint density at radius 2 is 2.05 bits per heavy atom. The van der Waals surface area contributed by atoms with Gasteiger partial charge in [0.15, 0.2) is 17.1 Å². The van der Waals surface area contributed by atoms with Gasteiger partial charge in [-0.15, -0.1) is 10.2 Å². The standard InChI is InChI=1S/C15H14N4O3/c1-21-12-7-3-5-10(13(12)22-2)15(20)17-11-6-4-8-19-9-16-18-14(11)19/h3-9H,1-2H3,(H,17,20). The molecule has 0 aliphatic carbocycles. The van der Waals surface area contributed by atoms with E-state index in [2.05, 4.69) is 15.5 Å². The number of rotatable bonds is 4. The zero-order valence-electron chi connectivity index (χ0n) is 12.1. The smallest absolute Gasteiger partial charge is 0.259 e. The fraction of sp³-hybridized carbons (Fsp3) is 0.133. The first-order valence-electron chi connectivity index (χ1n) is 6.55. The van der Waals surface area contributed by atoms with Crippen LogP contribution in [-0.2, 0) is 0 Å². The number of nitrogens with one attached hydrogen (secondary N) is 1. The Bertz CT molecular complexity index is 829. The topological polar surface area (TPSA) is 77.8 Å². The van der Waals surface area contributed by atoms with Gasteiger partial charge in [-0.05, 0) is 24.3 Å². The molecule has 0 bridgehead atoms. The third-order valence-corrected chi connectivity index (χ3v) is 3.22. The van der Waals surface area contributed by atoms with Gasteiger partial charge in [-0.2, -0.15) is 0 Å². The number of carbonyl (C=O) groups is 1. The molecule has 2 aromatic heterocycles. The zero-order valence-corrected chi connectivity index (χ0v) is 12.1. The van der Waals surface area contributed by atoms with Gasteiger partial charge in [0.1, 0.15) is 6.33 Å². The number of aromatic nitrogens is 3. The average molecular weight is 298 g/mol. The van der Waals surface area contributed by atoms with Crippen molar-refractivity contribution in [2.45, 2.75) is 0 Å². The molecule has 112 valence electrons. The molecule has 7 nitrogen and oxygen atoms in total. The van der Waals surface area contributed by atoms with E-state index in [4.69, 9.17) is 9.47 Å². The number of hydrogen-bond acceptors (Lipinski definition) is 5. The van der Waals surface area contributed by atoms with Crippen LogP contribution in [-0.4, -0.2) is 34.7 Å². The molecule has 7 heteroatoms. The van der Waals surface area contributed by atoms with E-state index in [1.807, 2.05) is 0 Å². The molecule has 1 N–H and O–H groups in total. The number of hydrogen-bond donors (Lipinski definition) is 1.